The van der Waals surface area contributed by atoms with Crippen LogP contribution in [0.5, 0.6) is 5.75 Å². The van der Waals surface area contributed by atoms with Gasteiger partial charge in [0.1, 0.15) is 5.75 Å². The van der Waals surface area contributed by atoms with Gasteiger partial charge >= 0.3 is 10.4 Å². The Kier molecular flexibility index (Phi) is 24.9. The molecule has 8 heteroatoms. The molecule has 0 bridgehead atoms. The molecule has 8 N–H and O–H groups in total. The summed E-state index contributed by atoms with van der Waals surface area (Å²) in [6.45, 7) is 3.15. The Morgan fingerprint density at radius 3 is 1.46 bits per heavy atom. The van der Waals surface area contributed by atoms with Crippen LogP contribution in [0.25, 0.3) is 0 Å². The number of benzene rings is 1. The third kappa shape index (κ3) is 29.6. The van der Waals surface area contributed by atoms with Crippen LogP contribution in [0.4, 0.5) is 0 Å². The summed E-state index contributed by atoms with van der Waals surface area (Å²) in [5.74, 6) is 1.00. The third-order valence-corrected chi connectivity index (χ3v) is 4.01. The lowest BCUT2D eigenvalue weighted by atomic mass is 10.1. The van der Waals surface area contributed by atoms with E-state index in [4.69, 9.17) is 22.3 Å². The average molecular weight is 423 g/mol. The van der Waals surface area contributed by atoms with Crippen LogP contribution in [-0.4, -0.2) is 24.1 Å². The van der Waals surface area contributed by atoms with Crippen LogP contribution in [0.1, 0.15) is 84.0 Å². The summed E-state index contributed by atoms with van der Waals surface area (Å²) in [5, 5.41) is 0. The molecule has 0 saturated carbocycles. The number of rotatable bonds is 14. The molecule has 0 aliphatic heterocycles. The van der Waals surface area contributed by atoms with Crippen LogP contribution in [0, 0.1) is 0 Å². The van der Waals surface area contributed by atoms with Crippen molar-refractivity contribution < 1.29 is 22.3 Å². The van der Waals surface area contributed by atoms with E-state index in [1.54, 1.807) is 0 Å². The molecule has 0 aliphatic rings. The second kappa shape index (κ2) is 22.1. The first kappa shape index (κ1) is 31.5. The molecule has 0 spiro atoms. The van der Waals surface area contributed by atoms with E-state index in [2.05, 4.69) is 6.92 Å². The van der Waals surface area contributed by atoms with Crippen molar-refractivity contribution in [2.24, 2.45) is 0 Å². The highest BCUT2D eigenvalue weighted by Gasteiger charge is 1.94. The molecule has 0 amide bonds. The molecule has 0 saturated heterocycles. The van der Waals surface area contributed by atoms with Gasteiger partial charge in [0.15, 0.2) is 0 Å². The Bertz CT molecular complexity index is 505. The maximum absolute atomic E-state index is 8.74. The van der Waals surface area contributed by atoms with Crippen molar-refractivity contribution in [3.63, 3.8) is 0 Å². The molecule has 28 heavy (non-hydrogen) atoms. The summed E-state index contributed by atoms with van der Waals surface area (Å²) in [5.41, 5.74) is 0. The average Bonchev–Trinajstić information content (AvgIpc) is 2.58. The first-order valence-corrected chi connectivity index (χ1v) is 11.2. The maximum Gasteiger partial charge on any atom is 0.394 e. The summed E-state index contributed by atoms with van der Waals surface area (Å²) in [4.78, 5) is 0. The second-order valence-corrected chi connectivity index (χ2v) is 7.39. The zero-order valence-electron chi connectivity index (χ0n) is 17.5. The van der Waals surface area contributed by atoms with Crippen molar-refractivity contribution in [3.8, 4) is 5.75 Å². The smallest absolute Gasteiger partial charge is 0.394 e. The van der Waals surface area contributed by atoms with Crippen LogP contribution in [0.15, 0.2) is 30.3 Å². The van der Waals surface area contributed by atoms with E-state index in [9.17, 15) is 0 Å². The van der Waals surface area contributed by atoms with E-state index in [-0.39, 0.29) is 12.3 Å². The summed E-state index contributed by atoms with van der Waals surface area (Å²) >= 11 is 0. The normalized spacial score (nSPS) is 10.1. The van der Waals surface area contributed by atoms with Gasteiger partial charge in [-0.3, -0.25) is 9.11 Å². The minimum Gasteiger partial charge on any atom is -0.494 e. The SMILES string of the molecule is CCCCCCCCCCCCCCOc1ccccc1.N.N.O=S(=O)(O)O. The first-order valence-electron chi connectivity index (χ1n) is 9.81. The molecule has 0 aromatic heterocycles. The number of hydrogen-bond donors (Lipinski definition) is 4. The molecule has 0 atom stereocenters. The fraction of sp³-hybridized carbons (Fsp3) is 0.700. The fourth-order valence-electron chi connectivity index (χ4n) is 2.65. The molecule has 1 aromatic rings. The van der Waals surface area contributed by atoms with Gasteiger partial charge in [-0.25, -0.2) is 0 Å². The monoisotopic (exact) mass is 422 g/mol. The van der Waals surface area contributed by atoms with Gasteiger partial charge in [-0.15, -0.1) is 0 Å². The zero-order valence-corrected chi connectivity index (χ0v) is 18.3. The van der Waals surface area contributed by atoms with Crippen LogP contribution in [-0.2, 0) is 10.4 Å². The highest BCUT2D eigenvalue weighted by Crippen LogP contribution is 2.13. The lowest BCUT2D eigenvalue weighted by Gasteiger charge is -2.05. The van der Waals surface area contributed by atoms with Crippen LogP contribution < -0.4 is 17.0 Å². The molecule has 1 aromatic carbocycles. The Balaban J connectivity index is -0.000000793. The number of hydrogen-bond acceptors (Lipinski definition) is 5. The number of unbranched alkanes of at least 4 members (excludes halogenated alkanes) is 11. The first-order chi connectivity index (χ1) is 12.4. The van der Waals surface area contributed by atoms with Crippen molar-refractivity contribution in [1.82, 2.24) is 12.3 Å². The van der Waals surface area contributed by atoms with Crippen molar-refractivity contribution in [2.75, 3.05) is 6.61 Å². The topological polar surface area (TPSA) is 154 Å². The number of para-hydroxylation sites is 1. The summed E-state index contributed by atoms with van der Waals surface area (Å²) < 4.78 is 37.3. The van der Waals surface area contributed by atoms with Crippen LogP contribution >= 0.6 is 0 Å². The van der Waals surface area contributed by atoms with E-state index < -0.39 is 10.4 Å². The molecule has 168 valence electrons. The molecule has 0 unspecified atom stereocenters. The molecular weight excluding hydrogens is 380 g/mol. The molecule has 1 rings (SSSR count). The molecule has 0 aliphatic carbocycles. The van der Waals surface area contributed by atoms with E-state index >= 15 is 0 Å². The predicted molar refractivity (Wildman–Crippen MR) is 117 cm³/mol. The van der Waals surface area contributed by atoms with Gasteiger partial charge in [-0.05, 0) is 18.6 Å². The highest BCUT2D eigenvalue weighted by molar-refractivity contribution is 7.79. The largest absolute Gasteiger partial charge is 0.494 e. The van der Waals surface area contributed by atoms with Gasteiger partial charge in [-0.1, -0.05) is 95.8 Å². The van der Waals surface area contributed by atoms with Crippen molar-refractivity contribution in [3.05, 3.63) is 30.3 Å². The van der Waals surface area contributed by atoms with Crippen molar-refractivity contribution in [1.29, 1.82) is 0 Å². The van der Waals surface area contributed by atoms with Gasteiger partial charge in [0.25, 0.3) is 0 Å². The second-order valence-electron chi connectivity index (χ2n) is 6.50. The Labute approximate surface area is 172 Å². The zero-order chi connectivity index (χ0) is 19.5. The Hall–Kier alpha value is -1.19. The minimum absolute atomic E-state index is 0. The summed E-state index contributed by atoms with van der Waals surface area (Å²) in [6.07, 6.45) is 16.7. The van der Waals surface area contributed by atoms with E-state index in [0.29, 0.717) is 0 Å². The van der Waals surface area contributed by atoms with Crippen LogP contribution in [0.3, 0.4) is 0 Å². The van der Waals surface area contributed by atoms with Gasteiger partial charge in [-0.2, -0.15) is 8.42 Å². The minimum atomic E-state index is -4.67. The van der Waals surface area contributed by atoms with E-state index in [0.717, 1.165) is 12.4 Å². The van der Waals surface area contributed by atoms with Gasteiger partial charge in [0.05, 0.1) is 6.61 Å². The van der Waals surface area contributed by atoms with Gasteiger partial charge < -0.3 is 17.0 Å². The molecule has 7 nitrogen and oxygen atoms in total. The summed E-state index contributed by atoms with van der Waals surface area (Å²) in [6, 6.07) is 10.1. The third-order valence-electron chi connectivity index (χ3n) is 4.01. The standard InChI is InChI=1S/C20H34O.2H3N.H2O4S/c1-2-3-4-5-6-7-8-9-10-11-12-16-19-21-20-17-14-13-15-18-20;;;1-5(2,3)4/h13-15,17-18H,2-12,16,19H2,1H3;2*1H3;(H2,1,2,3,4). The molecule has 0 radical (unpaired) electrons. The quantitative estimate of drug-likeness (QED) is 0.199. The predicted octanol–water partition coefficient (Wildman–Crippen LogP) is 6.44. The lowest BCUT2D eigenvalue weighted by Crippen LogP contribution is -1.96. The van der Waals surface area contributed by atoms with Crippen LogP contribution in [0.2, 0.25) is 0 Å². The summed E-state index contributed by atoms with van der Waals surface area (Å²) in [7, 11) is -4.67. The van der Waals surface area contributed by atoms with E-state index in [1.165, 1.54) is 77.0 Å². The van der Waals surface area contributed by atoms with E-state index in [1.807, 2.05) is 30.3 Å². The number of ether oxygens (including phenoxy) is 1. The Morgan fingerprint density at radius 1 is 0.714 bits per heavy atom. The molecular formula is C20H42N2O5S. The van der Waals surface area contributed by atoms with Gasteiger partial charge in [0.2, 0.25) is 0 Å². The maximum atomic E-state index is 8.74. The fourth-order valence-corrected chi connectivity index (χ4v) is 2.65. The molecule has 0 heterocycles. The van der Waals surface area contributed by atoms with Crippen molar-refractivity contribution in [2.45, 2.75) is 84.0 Å². The lowest BCUT2D eigenvalue weighted by molar-refractivity contribution is 0.304. The van der Waals surface area contributed by atoms with Gasteiger partial charge in [0, 0.05) is 0 Å². The van der Waals surface area contributed by atoms with Crippen molar-refractivity contribution >= 4 is 10.4 Å². The molecule has 0 fully saturated rings. The highest BCUT2D eigenvalue weighted by atomic mass is 32.3. The Morgan fingerprint density at radius 2 is 1.07 bits per heavy atom.